The zero-order valence-corrected chi connectivity index (χ0v) is 14.9. The fraction of sp³-hybridized carbons (Fsp3) is 0.500. The Kier molecular flexibility index (Phi) is 5.53. The number of aromatic amines is 1. The number of hydrogen-bond acceptors (Lipinski definition) is 5. The molecule has 2 aromatic rings. The molecule has 0 bridgehead atoms. The summed E-state index contributed by atoms with van der Waals surface area (Å²) in [7, 11) is 3.96. The van der Waals surface area contributed by atoms with Gasteiger partial charge in [0.05, 0.1) is 18.3 Å². The summed E-state index contributed by atoms with van der Waals surface area (Å²) in [5.41, 5.74) is 1.91. The number of nitrogens with one attached hydrogen (secondary N) is 2. The molecule has 1 fully saturated rings. The third-order valence-corrected chi connectivity index (χ3v) is 4.56. The second-order valence-corrected chi connectivity index (χ2v) is 6.71. The van der Waals surface area contributed by atoms with E-state index in [-0.39, 0.29) is 5.91 Å². The smallest absolute Gasteiger partial charge is 0.228 e. The standard InChI is InChI=1S/C18H26N6O/c1-23(2)17-6-5-16(13-19-17)21-14-4-3-10-24(11-8-14)18(25)12-15-7-9-20-22-15/h5-7,9,13-14,21H,3-4,8,10-12H2,1-2H3,(H,20,22). The van der Waals surface area contributed by atoms with E-state index in [0.29, 0.717) is 12.5 Å². The minimum atomic E-state index is 0.168. The topological polar surface area (TPSA) is 77.1 Å². The van der Waals surface area contributed by atoms with E-state index in [0.717, 1.165) is 49.6 Å². The van der Waals surface area contributed by atoms with Crippen molar-refractivity contribution in [2.24, 2.45) is 0 Å². The second-order valence-electron chi connectivity index (χ2n) is 6.71. The molecule has 7 nitrogen and oxygen atoms in total. The van der Waals surface area contributed by atoms with Gasteiger partial charge < -0.3 is 15.1 Å². The lowest BCUT2D eigenvalue weighted by molar-refractivity contribution is -0.130. The lowest BCUT2D eigenvalue weighted by Crippen LogP contribution is -2.34. The number of carbonyl (C=O) groups excluding carboxylic acids is 1. The third kappa shape index (κ3) is 4.71. The van der Waals surface area contributed by atoms with Crippen LogP contribution in [0.2, 0.25) is 0 Å². The van der Waals surface area contributed by atoms with Gasteiger partial charge in [0.2, 0.25) is 5.91 Å². The summed E-state index contributed by atoms with van der Waals surface area (Å²) in [5, 5.41) is 10.3. The van der Waals surface area contributed by atoms with Crippen molar-refractivity contribution in [1.82, 2.24) is 20.1 Å². The first kappa shape index (κ1) is 17.3. The molecule has 2 N–H and O–H groups in total. The number of H-pyrrole nitrogens is 1. The first-order chi connectivity index (χ1) is 12.1. The lowest BCUT2D eigenvalue weighted by Gasteiger charge is -2.21. The molecule has 1 aliphatic rings. The largest absolute Gasteiger partial charge is 0.381 e. The van der Waals surface area contributed by atoms with Crippen molar-refractivity contribution in [2.45, 2.75) is 31.7 Å². The number of aromatic nitrogens is 3. The summed E-state index contributed by atoms with van der Waals surface area (Å²) in [4.78, 5) is 20.8. The molecule has 1 saturated heterocycles. The Balaban J connectivity index is 1.51. The van der Waals surface area contributed by atoms with Gasteiger partial charge in [-0.2, -0.15) is 5.10 Å². The van der Waals surface area contributed by atoms with Gasteiger partial charge >= 0.3 is 0 Å². The van der Waals surface area contributed by atoms with Gasteiger partial charge in [0, 0.05) is 45.1 Å². The first-order valence-electron chi connectivity index (χ1n) is 8.78. The van der Waals surface area contributed by atoms with E-state index >= 15 is 0 Å². The number of likely N-dealkylation sites (tertiary alicyclic amines) is 1. The maximum atomic E-state index is 12.4. The average Bonchev–Trinajstić information content (AvgIpc) is 2.99. The Morgan fingerprint density at radius 1 is 1.32 bits per heavy atom. The Morgan fingerprint density at radius 2 is 2.20 bits per heavy atom. The molecule has 0 saturated carbocycles. The van der Waals surface area contributed by atoms with Gasteiger partial charge in [-0.15, -0.1) is 0 Å². The SMILES string of the molecule is CN(C)c1ccc(NC2CCCN(C(=O)Cc3ccn[nH]3)CC2)cn1. The summed E-state index contributed by atoms with van der Waals surface area (Å²) in [6.07, 6.45) is 6.97. The zero-order chi connectivity index (χ0) is 17.6. The highest BCUT2D eigenvalue weighted by atomic mass is 16.2. The molecule has 1 unspecified atom stereocenters. The number of pyridine rings is 1. The molecular weight excluding hydrogens is 316 g/mol. The van der Waals surface area contributed by atoms with Crippen LogP contribution in [-0.4, -0.2) is 59.2 Å². The van der Waals surface area contributed by atoms with E-state index in [4.69, 9.17) is 0 Å². The molecule has 0 aliphatic carbocycles. The van der Waals surface area contributed by atoms with E-state index in [9.17, 15) is 4.79 Å². The van der Waals surface area contributed by atoms with Gasteiger partial charge in [-0.3, -0.25) is 9.89 Å². The average molecular weight is 342 g/mol. The van der Waals surface area contributed by atoms with Crippen LogP contribution in [0.5, 0.6) is 0 Å². The van der Waals surface area contributed by atoms with Crippen LogP contribution in [0.1, 0.15) is 25.0 Å². The number of hydrogen-bond donors (Lipinski definition) is 2. The van der Waals surface area contributed by atoms with Crippen molar-refractivity contribution in [2.75, 3.05) is 37.4 Å². The van der Waals surface area contributed by atoms with E-state index in [1.54, 1.807) is 6.20 Å². The molecule has 25 heavy (non-hydrogen) atoms. The molecule has 1 atom stereocenters. The van der Waals surface area contributed by atoms with E-state index in [1.165, 1.54) is 0 Å². The van der Waals surface area contributed by atoms with Crippen molar-refractivity contribution in [3.8, 4) is 0 Å². The molecule has 0 radical (unpaired) electrons. The Morgan fingerprint density at radius 3 is 2.88 bits per heavy atom. The Hall–Kier alpha value is -2.57. The van der Waals surface area contributed by atoms with Crippen LogP contribution < -0.4 is 10.2 Å². The van der Waals surface area contributed by atoms with Crippen LogP contribution in [0.15, 0.2) is 30.6 Å². The first-order valence-corrected chi connectivity index (χ1v) is 8.78. The number of nitrogens with zero attached hydrogens (tertiary/aromatic N) is 4. The highest BCUT2D eigenvalue weighted by Gasteiger charge is 2.21. The molecule has 3 heterocycles. The highest BCUT2D eigenvalue weighted by molar-refractivity contribution is 5.78. The molecule has 7 heteroatoms. The summed E-state index contributed by atoms with van der Waals surface area (Å²) in [6.45, 7) is 1.61. The quantitative estimate of drug-likeness (QED) is 0.868. The van der Waals surface area contributed by atoms with Crippen LogP contribution >= 0.6 is 0 Å². The summed E-state index contributed by atoms with van der Waals surface area (Å²) in [6, 6.07) is 6.30. The van der Waals surface area contributed by atoms with E-state index in [2.05, 4.69) is 26.6 Å². The van der Waals surface area contributed by atoms with Crippen LogP contribution in [0.4, 0.5) is 11.5 Å². The summed E-state index contributed by atoms with van der Waals surface area (Å²) < 4.78 is 0. The van der Waals surface area contributed by atoms with Gasteiger partial charge in [0.1, 0.15) is 5.82 Å². The molecule has 0 spiro atoms. The lowest BCUT2D eigenvalue weighted by atomic mass is 10.1. The fourth-order valence-electron chi connectivity index (χ4n) is 3.12. The van der Waals surface area contributed by atoms with Gasteiger partial charge in [0.25, 0.3) is 0 Å². The monoisotopic (exact) mass is 342 g/mol. The number of anilines is 2. The minimum Gasteiger partial charge on any atom is -0.381 e. The second kappa shape index (κ2) is 8.00. The maximum Gasteiger partial charge on any atom is 0.228 e. The van der Waals surface area contributed by atoms with E-state index in [1.807, 2.05) is 42.2 Å². The maximum absolute atomic E-state index is 12.4. The van der Waals surface area contributed by atoms with Crippen LogP contribution in [-0.2, 0) is 11.2 Å². The molecule has 2 aromatic heterocycles. The number of rotatable bonds is 5. The van der Waals surface area contributed by atoms with Crippen LogP contribution in [0.25, 0.3) is 0 Å². The summed E-state index contributed by atoms with van der Waals surface area (Å²) in [5.74, 6) is 1.11. The Bertz CT molecular complexity index is 667. The van der Waals surface area contributed by atoms with Crippen molar-refractivity contribution >= 4 is 17.4 Å². The predicted molar refractivity (Wildman–Crippen MR) is 98.7 cm³/mol. The van der Waals surface area contributed by atoms with Crippen molar-refractivity contribution in [1.29, 1.82) is 0 Å². The van der Waals surface area contributed by atoms with Crippen molar-refractivity contribution < 1.29 is 4.79 Å². The van der Waals surface area contributed by atoms with Crippen molar-refractivity contribution in [3.05, 3.63) is 36.3 Å². The molecule has 3 rings (SSSR count). The van der Waals surface area contributed by atoms with E-state index < -0.39 is 0 Å². The fourth-order valence-corrected chi connectivity index (χ4v) is 3.12. The van der Waals surface area contributed by atoms with Crippen molar-refractivity contribution in [3.63, 3.8) is 0 Å². The van der Waals surface area contributed by atoms with Crippen LogP contribution in [0.3, 0.4) is 0 Å². The van der Waals surface area contributed by atoms with Gasteiger partial charge in [-0.1, -0.05) is 0 Å². The summed E-state index contributed by atoms with van der Waals surface area (Å²) >= 11 is 0. The van der Waals surface area contributed by atoms with Gasteiger partial charge in [0.15, 0.2) is 0 Å². The number of carbonyl (C=O) groups is 1. The van der Waals surface area contributed by atoms with Gasteiger partial charge in [-0.25, -0.2) is 4.98 Å². The number of amides is 1. The molecule has 0 aromatic carbocycles. The Labute approximate surface area is 148 Å². The predicted octanol–water partition coefficient (Wildman–Crippen LogP) is 1.91. The highest BCUT2D eigenvalue weighted by Crippen LogP contribution is 2.18. The molecular formula is C18H26N6O. The molecule has 1 aliphatic heterocycles. The molecule has 1 amide bonds. The van der Waals surface area contributed by atoms with Crippen LogP contribution in [0, 0.1) is 0 Å². The zero-order valence-electron chi connectivity index (χ0n) is 14.9. The van der Waals surface area contributed by atoms with Gasteiger partial charge in [-0.05, 0) is 37.5 Å². The normalized spacial score (nSPS) is 17.8. The third-order valence-electron chi connectivity index (χ3n) is 4.56. The minimum absolute atomic E-state index is 0.168. The molecule has 134 valence electrons.